The number of halogens is 1. The molecule has 0 fully saturated rings. The van der Waals surface area contributed by atoms with Crippen LogP contribution >= 0.6 is 0 Å². The number of nitrogens with one attached hydrogen (secondary N) is 1. The number of aromatic nitrogens is 1. The molecule has 4 rings (SSSR count). The summed E-state index contributed by atoms with van der Waals surface area (Å²) in [6.07, 6.45) is 1.61. The van der Waals surface area contributed by atoms with Gasteiger partial charge in [0.1, 0.15) is 29.8 Å². The van der Waals surface area contributed by atoms with Gasteiger partial charge in [-0.05, 0) is 85.6 Å². The molecule has 4 aromatic rings. The van der Waals surface area contributed by atoms with Crippen LogP contribution in [-0.4, -0.2) is 10.5 Å². The van der Waals surface area contributed by atoms with Crippen LogP contribution in [-0.2, 0) is 11.4 Å². The quantitative estimate of drug-likeness (QED) is 0.255. The Hall–Kier alpha value is -4.63. The maximum Gasteiger partial charge on any atom is 0.266 e. The summed E-state index contributed by atoms with van der Waals surface area (Å²) < 4.78 is 20.9. The number of aryl methyl sites for hydroxylation is 1. The molecule has 6 heteroatoms. The Morgan fingerprint density at radius 1 is 1.03 bits per heavy atom. The summed E-state index contributed by atoms with van der Waals surface area (Å²) in [7, 11) is 0. The van der Waals surface area contributed by atoms with Crippen molar-refractivity contribution in [3.05, 3.63) is 119 Å². The number of nitriles is 1. The predicted molar refractivity (Wildman–Crippen MR) is 135 cm³/mol. The first kappa shape index (κ1) is 23.5. The van der Waals surface area contributed by atoms with Crippen LogP contribution in [0.1, 0.15) is 22.5 Å². The number of amides is 1. The zero-order chi connectivity index (χ0) is 24.8. The highest BCUT2D eigenvalue weighted by atomic mass is 19.1. The normalized spacial score (nSPS) is 11.1. The standard InChI is InChI=1S/C29H24FN3O2/c1-20-16-23(17-24(18-31)29(34)32-26-6-4-3-5-7-26)21(2)33(20)27-12-14-28(15-13-27)35-19-22-8-10-25(30)11-9-22/h3-17H,19H2,1-2H3,(H,32,34). The Morgan fingerprint density at radius 2 is 1.71 bits per heavy atom. The first-order valence-corrected chi connectivity index (χ1v) is 11.1. The smallest absolute Gasteiger partial charge is 0.266 e. The van der Waals surface area contributed by atoms with Gasteiger partial charge in [-0.25, -0.2) is 4.39 Å². The average Bonchev–Trinajstić information content (AvgIpc) is 3.15. The van der Waals surface area contributed by atoms with Crippen molar-refractivity contribution in [2.45, 2.75) is 20.5 Å². The van der Waals surface area contributed by atoms with Gasteiger partial charge < -0.3 is 14.6 Å². The topological polar surface area (TPSA) is 67.0 Å². The molecule has 0 unspecified atom stereocenters. The van der Waals surface area contributed by atoms with Gasteiger partial charge in [-0.3, -0.25) is 4.79 Å². The Labute approximate surface area is 203 Å². The Morgan fingerprint density at radius 3 is 2.37 bits per heavy atom. The van der Waals surface area contributed by atoms with E-state index in [1.165, 1.54) is 12.1 Å². The van der Waals surface area contributed by atoms with Gasteiger partial charge in [0.05, 0.1) is 0 Å². The summed E-state index contributed by atoms with van der Waals surface area (Å²) in [6, 6.07) is 26.8. The number of ether oxygens (including phenoxy) is 1. The molecule has 1 heterocycles. The lowest BCUT2D eigenvalue weighted by Crippen LogP contribution is -2.13. The number of para-hydroxylation sites is 1. The number of hydrogen-bond acceptors (Lipinski definition) is 3. The molecule has 0 aliphatic rings. The van der Waals surface area contributed by atoms with E-state index in [-0.39, 0.29) is 11.4 Å². The molecule has 0 spiro atoms. The SMILES string of the molecule is Cc1cc(C=C(C#N)C(=O)Nc2ccccc2)c(C)n1-c1ccc(OCc2ccc(F)cc2)cc1. The number of rotatable bonds is 7. The number of nitrogens with zero attached hydrogens (tertiary/aromatic N) is 2. The Balaban J connectivity index is 1.51. The van der Waals surface area contributed by atoms with Crippen LogP contribution in [0.3, 0.4) is 0 Å². The number of anilines is 1. The predicted octanol–water partition coefficient (Wildman–Crippen LogP) is 6.36. The van der Waals surface area contributed by atoms with Gasteiger partial charge in [0.25, 0.3) is 5.91 Å². The number of carbonyl (C=O) groups is 1. The van der Waals surface area contributed by atoms with Gasteiger partial charge in [0.15, 0.2) is 0 Å². The van der Waals surface area contributed by atoms with Crippen molar-refractivity contribution in [2.75, 3.05) is 5.32 Å². The van der Waals surface area contributed by atoms with E-state index in [0.29, 0.717) is 18.0 Å². The summed E-state index contributed by atoms with van der Waals surface area (Å²) in [5, 5.41) is 12.3. The number of hydrogen-bond donors (Lipinski definition) is 1. The Kier molecular flexibility index (Phi) is 7.08. The fraction of sp³-hybridized carbons (Fsp3) is 0.103. The van der Waals surface area contributed by atoms with E-state index < -0.39 is 5.91 Å². The third-order valence-electron chi connectivity index (χ3n) is 5.58. The zero-order valence-corrected chi connectivity index (χ0v) is 19.5. The second-order valence-corrected chi connectivity index (χ2v) is 8.06. The number of benzene rings is 3. The average molecular weight is 466 g/mol. The van der Waals surface area contributed by atoms with Crippen molar-refractivity contribution >= 4 is 17.7 Å². The molecule has 0 saturated heterocycles. The van der Waals surface area contributed by atoms with Crippen LogP contribution in [0.4, 0.5) is 10.1 Å². The second-order valence-electron chi connectivity index (χ2n) is 8.06. The van der Waals surface area contributed by atoms with Crippen LogP contribution in [0.5, 0.6) is 5.75 Å². The summed E-state index contributed by atoms with van der Waals surface area (Å²) in [4.78, 5) is 12.6. The molecule has 0 radical (unpaired) electrons. The lowest BCUT2D eigenvalue weighted by molar-refractivity contribution is -0.112. The Bertz CT molecular complexity index is 1400. The van der Waals surface area contributed by atoms with Crippen molar-refractivity contribution in [3.8, 4) is 17.5 Å². The van der Waals surface area contributed by atoms with E-state index in [1.807, 2.05) is 68.4 Å². The third-order valence-corrected chi connectivity index (χ3v) is 5.58. The lowest BCUT2D eigenvalue weighted by atomic mass is 10.1. The van der Waals surface area contributed by atoms with Gasteiger partial charge in [-0.15, -0.1) is 0 Å². The van der Waals surface area contributed by atoms with Gasteiger partial charge in [-0.1, -0.05) is 30.3 Å². The van der Waals surface area contributed by atoms with E-state index in [1.54, 1.807) is 30.3 Å². The van der Waals surface area contributed by atoms with Crippen molar-refractivity contribution < 1.29 is 13.9 Å². The van der Waals surface area contributed by atoms with E-state index in [0.717, 1.165) is 28.2 Å². The number of carbonyl (C=O) groups excluding carboxylic acids is 1. The fourth-order valence-electron chi connectivity index (χ4n) is 3.79. The van der Waals surface area contributed by atoms with E-state index in [4.69, 9.17) is 4.74 Å². The van der Waals surface area contributed by atoms with Crippen LogP contribution in [0.25, 0.3) is 11.8 Å². The highest BCUT2D eigenvalue weighted by molar-refractivity contribution is 6.09. The van der Waals surface area contributed by atoms with Crippen LogP contribution in [0.2, 0.25) is 0 Å². The van der Waals surface area contributed by atoms with Gasteiger partial charge in [-0.2, -0.15) is 5.26 Å². The van der Waals surface area contributed by atoms with Crippen LogP contribution in [0.15, 0.2) is 90.5 Å². The molecule has 3 aromatic carbocycles. The highest BCUT2D eigenvalue weighted by Gasteiger charge is 2.14. The molecule has 0 saturated carbocycles. The third kappa shape index (κ3) is 5.66. The molecular formula is C29H24FN3O2. The van der Waals surface area contributed by atoms with Crippen molar-refractivity contribution in [2.24, 2.45) is 0 Å². The molecule has 1 aromatic heterocycles. The molecule has 0 atom stereocenters. The first-order valence-electron chi connectivity index (χ1n) is 11.1. The maximum absolute atomic E-state index is 13.1. The molecular weight excluding hydrogens is 441 g/mol. The largest absolute Gasteiger partial charge is 0.489 e. The second kappa shape index (κ2) is 10.5. The minimum absolute atomic E-state index is 0.0265. The van der Waals surface area contributed by atoms with Crippen molar-refractivity contribution in [3.63, 3.8) is 0 Å². The minimum Gasteiger partial charge on any atom is -0.489 e. The first-order chi connectivity index (χ1) is 16.9. The van der Waals surface area contributed by atoms with E-state index in [9.17, 15) is 14.4 Å². The molecule has 0 bridgehead atoms. The lowest BCUT2D eigenvalue weighted by Gasteiger charge is -2.12. The van der Waals surface area contributed by atoms with Gasteiger partial charge in [0.2, 0.25) is 0 Å². The highest BCUT2D eigenvalue weighted by Crippen LogP contribution is 2.25. The molecule has 0 aliphatic carbocycles. The van der Waals surface area contributed by atoms with Crippen LogP contribution in [0, 0.1) is 31.0 Å². The van der Waals surface area contributed by atoms with Gasteiger partial charge in [0, 0.05) is 22.8 Å². The summed E-state index contributed by atoms with van der Waals surface area (Å²) >= 11 is 0. The van der Waals surface area contributed by atoms with Crippen LogP contribution < -0.4 is 10.1 Å². The fourth-order valence-corrected chi connectivity index (χ4v) is 3.79. The van der Waals surface area contributed by atoms with Crippen molar-refractivity contribution in [1.82, 2.24) is 4.57 Å². The summed E-state index contributed by atoms with van der Waals surface area (Å²) in [6.45, 7) is 4.26. The molecule has 174 valence electrons. The monoisotopic (exact) mass is 465 g/mol. The molecule has 5 nitrogen and oxygen atoms in total. The summed E-state index contributed by atoms with van der Waals surface area (Å²) in [5.74, 6) is -0.0281. The molecule has 35 heavy (non-hydrogen) atoms. The maximum atomic E-state index is 13.1. The van der Waals surface area contributed by atoms with E-state index in [2.05, 4.69) is 9.88 Å². The molecule has 1 amide bonds. The molecule has 1 N–H and O–H groups in total. The molecule has 0 aliphatic heterocycles. The minimum atomic E-state index is -0.453. The van der Waals surface area contributed by atoms with Gasteiger partial charge >= 0.3 is 0 Å². The summed E-state index contributed by atoms with van der Waals surface area (Å²) in [5.41, 5.74) is 5.13. The van der Waals surface area contributed by atoms with Crippen molar-refractivity contribution in [1.29, 1.82) is 5.26 Å². The zero-order valence-electron chi connectivity index (χ0n) is 19.5. The van der Waals surface area contributed by atoms with E-state index >= 15 is 0 Å².